The van der Waals surface area contributed by atoms with Gasteiger partial charge >= 0.3 is 0 Å². The van der Waals surface area contributed by atoms with Gasteiger partial charge in [0.25, 0.3) is 0 Å². The number of amides is 1. The van der Waals surface area contributed by atoms with Gasteiger partial charge in [-0.15, -0.1) is 0 Å². The molecule has 1 aliphatic rings. The lowest BCUT2D eigenvalue weighted by atomic mass is 10.1. The average Bonchev–Trinajstić information content (AvgIpc) is 3.22. The van der Waals surface area contributed by atoms with Gasteiger partial charge in [0.1, 0.15) is 11.9 Å². The van der Waals surface area contributed by atoms with Crippen LogP contribution in [-0.2, 0) is 16.1 Å². The number of benzene rings is 1. The fraction of sp³-hybridized carbons (Fsp3) is 0.500. The highest BCUT2D eigenvalue weighted by Crippen LogP contribution is 2.31. The fourth-order valence-corrected chi connectivity index (χ4v) is 2.31. The maximum absolute atomic E-state index is 13.8. The Bertz CT molecular complexity index is 474. The van der Waals surface area contributed by atoms with E-state index in [1.807, 2.05) is 0 Å². The van der Waals surface area contributed by atoms with E-state index < -0.39 is 11.9 Å². The second-order valence-corrected chi connectivity index (χ2v) is 5.37. The molecule has 1 saturated carbocycles. The Kier molecular flexibility index (Phi) is 4.96. The van der Waals surface area contributed by atoms with E-state index in [-0.39, 0.29) is 25.1 Å². The Morgan fingerprint density at radius 3 is 2.85 bits per heavy atom. The first-order chi connectivity index (χ1) is 9.54. The summed E-state index contributed by atoms with van der Waals surface area (Å²) in [5.74, 6) is -0.634. The zero-order valence-corrected chi connectivity index (χ0v) is 12.1. The fourth-order valence-electron chi connectivity index (χ4n) is 2.09. The summed E-state index contributed by atoms with van der Waals surface area (Å²) in [4.78, 5) is 13.9. The van der Waals surface area contributed by atoms with E-state index in [2.05, 4.69) is 0 Å². The average molecular weight is 301 g/mol. The van der Waals surface area contributed by atoms with E-state index in [0.29, 0.717) is 10.6 Å². The van der Waals surface area contributed by atoms with E-state index in [1.165, 1.54) is 13.2 Å². The lowest BCUT2D eigenvalue weighted by Crippen LogP contribution is -2.46. The highest BCUT2D eigenvalue weighted by Gasteiger charge is 2.35. The summed E-state index contributed by atoms with van der Waals surface area (Å²) in [5.41, 5.74) is 6.11. The highest BCUT2D eigenvalue weighted by molar-refractivity contribution is 6.31. The Morgan fingerprint density at radius 2 is 2.30 bits per heavy atom. The lowest BCUT2D eigenvalue weighted by molar-refractivity contribution is -0.135. The molecule has 6 heteroatoms. The molecule has 0 bridgehead atoms. The van der Waals surface area contributed by atoms with Crippen LogP contribution in [0.2, 0.25) is 5.02 Å². The van der Waals surface area contributed by atoms with Gasteiger partial charge in [-0.3, -0.25) is 4.79 Å². The molecule has 1 aromatic carbocycles. The van der Waals surface area contributed by atoms with E-state index >= 15 is 0 Å². The Hall–Kier alpha value is -1.17. The SMILES string of the molecule is COCC(N)C(=O)N(Cc1c(F)cccc1Cl)C1CC1. The monoisotopic (exact) mass is 300 g/mol. The summed E-state index contributed by atoms with van der Waals surface area (Å²) in [6, 6.07) is 3.89. The van der Waals surface area contributed by atoms with Crippen molar-refractivity contribution in [2.24, 2.45) is 5.73 Å². The predicted octanol–water partition coefficient (Wildman–Crippen LogP) is 1.94. The number of carbonyl (C=O) groups is 1. The van der Waals surface area contributed by atoms with Gasteiger partial charge in [0.05, 0.1) is 13.2 Å². The largest absolute Gasteiger partial charge is 0.383 e. The first kappa shape index (κ1) is 15.2. The minimum atomic E-state index is -0.730. The zero-order chi connectivity index (χ0) is 14.7. The van der Waals surface area contributed by atoms with Crippen LogP contribution < -0.4 is 5.73 Å². The number of hydrogen-bond acceptors (Lipinski definition) is 3. The van der Waals surface area contributed by atoms with E-state index in [1.54, 1.807) is 17.0 Å². The molecule has 2 rings (SSSR count). The molecule has 1 amide bonds. The molecular weight excluding hydrogens is 283 g/mol. The van der Waals surface area contributed by atoms with Crippen LogP contribution in [0.1, 0.15) is 18.4 Å². The molecule has 110 valence electrons. The van der Waals surface area contributed by atoms with E-state index in [4.69, 9.17) is 22.1 Å². The molecule has 1 unspecified atom stereocenters. The van der Waals surface area contributed by atoms with Crippen LogP contribution in [0.15, 0.2) is 18.2 Å². The van der Waals surface area contributed by atoms with Crippen molar-refractivity contribution in [2.45, 2.75) is 31.5 Å². The summed E-state index contributed by atoms with van der Waals surface area (Å²) in [6.07, 6.45) is 1.83. The van der Waals surface area contributed by atoms with Crippen LogP contribution in [0, 0.1) is 5.82 Å². The molecule has 0 saturated heterocycles. The predicted molar refractivity (Wildman–Crippen MR) is 74.8 cm³/mol. The van der Waals surface area contributed by atoms with Crippen molar-refractivity contribution in [3.8, 4) is 0 Å². The molecular formula is C14H18ClFN2O2. The Morgan fingerprint density at radius 1 is 1.60 bits per heavy atom. The standard InChI is InChI=1S/C14H18ClFN2O2/c1-20-8-13(17)14(19)18(9-5-6-9)7-10-11(15)3-2-4-12(10)16/h2-4,9,13H,5-8,17H2,1H3. The quantitative estimate of drug-likeness (QED) is 0.873. The molecule has 1 fully saturated rings. The third-order valence-electron chi connectivity index (χ3n) is 3.32. The molecule has 4 nitrogen and oxygen atoms in total. The van der Waals surface area contributed by atoms with Crippen LogP contribution in [0.25, 0.3) is 0 Å². The molecule has 1 aromatic rings. The first-order valence-corrected chi connectivity index (χ1v) is 6.90. The minimum absolute atomic E-state index is 0.126. The van der Waals surface area contributed by atoms with Crippen LogP contribution >= 0.6 is 11.6 Å². The number of methoxy groups -OCH3 is 1. The smallest absolute Gasteiger partial charge is 0.242 e. The van der Waals surface area contributed by atoms with Crippen molar-refractivity contribution in [3.05, 3.63) is 34.6 Å². The van der Waals surface area contributed by atoms with Crippen LogP contribution in [0.3, 0.4) is 0 Å². The van der Waals surface area contributed by atoms with Gasteiger partial charge in [0, 0.05) is 23.7 Å². The summed E-state index contributed by atoms with van der Waals surface area (Å²) < 4.78 is 18.7. The Labute approximate surface area is 122 Å². The van der Waals surface area contributed by atoms with Gasteiger partial charge in [0.2, 0.25) is 5.91 Å². The summed E-state index contributed by atoms with van der Waals surface area (Å²) in [5, 5.41) is 0.323. The molecule has 1 aliphatic carbocycles. The number of nitrogens with zero attached hydrogens (tertiary/aromatic N) is 1. The number of ether oxygens (including phenoxy) is 1. The summed E-state index contributed by atoms with van der Waals surface area (Å²) in [7, 11) is 1.49. The topological polar surface area (TPSA) is 55.6 Å². The van der Waals surface area contributed by atoms with Crippen molar-refractivity contribution in [1.29, 1.82) is 0 Å². The number of halogens is 2. The van der Waals surface area contributed by atoms with Gasteiger partial charge in [0.15, 0.2) is 0 Å². The van der Waals surface area contributed by atoms with Gasteiger partial charge in [-0.05, 0) is 25.0 Å². The van der Waals surface area contributed by atoms with Crippen LogP contribution in [0.5, 0.6) is 0 Å². The number of rotatable bonds is 6. The van der Waals surface area contributed by atoms with Crippen LogP contribution in [-0.4, -0.2) is 36.6 Å². The molecule has 0 spiro atoms. The Balaban J connectivity index is 2.16. The first-order valence-electron chi connectivity index (χ1n) is 6.52. The normalized spacial score (nSPS) is 16.0. The van der Waals surface area contributed by atoms with E-state index in [0.717, 1.165) is 12.8 Å². The highest BCUT2D eigenvalue weighted by atomic mass is 35.5. The molecule has 0 aromatic heterocycles. The zero-order valence-electron chi connectivity index (χ0n) is 11.3. The van der Waals surface area contributed by atoms with Crippen molar-refractivity contribution in [2.75, 3.05) is 13.7 Å². The van der Waals surface area contributed by atoms with Gasteiger partial charge in [-0.2, -0.15) is 0 Å². The molecule has 0 aliphatic heterocycles. The molecule has 20 heavy (non-hydrogen) atoms. The van der Waals surface area contributed by atoms with Gasteiger partial charge in [-0.1, -0.05) is 17.7 Å². The van der Waals surface area contributed by atoms with Crippen molar-refractivity contribution in [1.82, 2.24) is 4.90 Å². The molecule has 0 radical (unpaired) electrons. The number of nitrogens with two attached hydrogens (primary N) is 1. The van der Waals surface area contributed by atoms with Gasteiger partial charge < -0.3 is 15.4 Å². The minimum Gasteiger partial charge on any atom is -0.383 e. The van der Waals surface area contributed by atoms with Crippen molar-refractivity contribution >= 4 is 17.5 Å². The summed E-state index contributed by atoms with van der Waals surface area (Å²) >= 11 is 6.01. The second kappa shape index (κ2) is 6.52. The third kappa shape index (κ3) is 3.48. The van der Waals surface area contributed by atoms with Gasteiger partial charge in [-0.25, -0.2) is 4.39 Å². The van der Waals surface area contributed by atoms with Crippen LogP contribution in [0.4, 0.5) is 4.39 Å². The molecule has 0 heterocycles. The lowest BCUT2D eigenvalue weighted by Gasteiger charge is -2.26. The molecule has 1 atom stereocenters. The number of hydrogen-bond donors (Lipinski definition) is 1. The maximum atomic E-state index is 13.8. The second-order valence-electron chi connectivity index (χ2n) is 4.96. The third-order valence-corrected chi connectivity index (χ3v) is 3.68. The molecule has 2 N–H and O–H groups in total. The van der Waals surface area contributed by atoms with Crippen molar-refractivity contribution < 1.29 is 13.9 Å². The van der Waals surface area contributed by atoms with E-state index in [9.17, 15) is 9.18 Å². The summed E-state index contributed by atoms with van der Waals surface area (Å²) in [6.45, 7) is 0.291. The number of carbonyl (C=O) groups excluding carboxylic acids is 1. The van der Waals surface area contributed by atoms with Crippen molar-refractivity contribution in [3.63, 3.8) is 0 Å². The maximum Gasteiger partial charge on any atom is 0.242 e.